The molecule has 2 rings (SSSR count). The van der Waals surface area contributed by atoms with Crippen LogP contribution in [0, 0.1) is 3.57 Å². The molecular formula is C17H18INO2. The van der Waals surface area contributed by atoms with Crippen LogP contribution >= 0.6 is 22.6 Å². The van der Waals surface area contributed by atoms with Crippen LogP contribution in [0.15, 0.2) is 48.5 Å². The molecule has 0 aliphatic heterocycles. The molecule has 4 heteroatoms. The summed E-state index contributed by atoms with van der Waals surface area (Å²) in [6, 6.07) is 15.6. The van der Waals surface area contributed by atoms with Gasteiger partial charge < -0.3 is 10.1 Å². The smallest absolute Gasteiger partial charge is 0.251 e. The number of nitrogens with one attached hydrogen (secondary N) is 1. The van der Waals surface area contributed by atoms with Crippen molar-refractivity contribution >= 4 is 28.5 Å². The summed E-state index contributed by atoms with van der Waals surface area (Å²) < 4.78 is 6.73. The Morgan fingerprint density at radius 1 is 1.19 bits per heavy atom. The van der Waals surface area contributed by atoms with E-state index in [2.05, 4.69) is 27.9 Å². The predicted molar refractivity (Wildman–Crippen MR) is 92.5 cm³/mol. The van der Waals surface area contributed by atoms with E-state index < -0.39 is 0 Å². The molecule has 2 aromatic rings. The number of carbonyl (C=O) groups excluding carboxylic acids is 1. The molecule has 0 fully saturated rings. The van der Waals surface area contributed by atoms with Crippen LogP contribution in [-0.2, 0) is 6.61 Å². The third kappa shape index (κ3) is 4.74. The minimum absolute atomic E-state index is 0.0578. The number of carbonyl (C=O) groups is 1. The van der Waals surface area contributed by atoms with Crippen molar-refractivity contribution < 1.29 is 9.53 Å². The highest BCUT2D eigenvalue weighted by Crippen LogP contribution is 2.23. The second-order valence-corrected chi connectivity index (χ2v) is 6.21. The van der Waals surface area contributed by atoms with Crippen molar-refractivity contribution in [1.29, 1.82) is 0 Å². The molecular weight excluding hydrogens is 377 g/mol. The van der Waals surface area contributed by atoms with Crippen molar-refractivity contribution in [3.8, 4) is 5.75 Å². The quantitative estimate of drug-likeness (QED) is 0.778. The SMILES string of the molecule is CC(C)NC(=O)c1ccc(OCc2ccccc2)c(I)c1. The predicted octanol–water partition coefficient (Wildman–Crippen LogP) is 4.01. The summed E-state index contributed by atoms with van der Waals surface area (Å²) in [7, 11) is 0. The lowest BCUT2D eigenvalue weighted by Crippen LogP contribution is -2.30. The van der Waals surface area contributed by atoms with E-state index in [1.165, 1.54) is 0 Å². The maximum Gasteiger partial charge on any atom is 0.251 e. The number of halogens is 1. The van der Waals surface area contributed by atoms with Gasteiger partial charge in [-0.2, -0.15) is 0 Å². The van der Waals surface area contributed by atoms with Gasteiger partial charge in [0.25, 0.3) is 5.91 Å². The number of hydrogen-bond acceptors (Lipinski definition) is 2. The lowest BCUT2D eigenvalue weighted by atomic mass is 10.2. The Hall–Kier alpha value is -1.56. The number of benzene rings is 2. The minimum Gasteiger partial charge on any atom is -0.488 e. The molecule has 1 amide bonds. The monoisotopic (exact) mass is 395 g/mol. The zero-order valence-electron chi connectivity index (χ0n) is 12.1. The summed E-state index contributed by atoms with van der Waals surface area (Å²) in [5, 5.41) is 2.88. The zero-order chi connectivity index (χ0) is 15.2. The fourth-order valence-electron chi connectivity index (χ4n) is 1.84. The second kappa shape index (κ2) is 7.45. The third-order valence-corrected chi connectivity index (χ3v) is 3.69. The Morgan fingerprint density at radius 3 is 2.52 bits per heavy atom. The fourth-order valence-corrected chi connectivity index (χ4v) is 2.51. The number of hydrogen-bond donors (Lipinski definition) is 1. The molecule has 0 radical (unpaired) electrons. The van der Waals surface area contributed by atoms with Gasteiger partial charge >= 0.3 is 0 Å². The molecule has 0 aliphatic carbocycles. The molecule has 0 spiro atoms. The topological polar surface area (TPSA) is 38.3 Å². The van der Waals surface area contributed by atoms with E-state index in [1.807, 2.05) is 56.3 Å². The minimum atomic E-state index is -0.0578. The van der Waals surface area contributed by atoms with Crippen LogP contribution in [-0.4, -0.2) is 11.9 Å². The van der Waals surface area contributed by atoms with Crippen molar-refractivity contribution in [2.75, 3.05) is 0 Å². The van der Waals surface area contributed by atoms with E-state index in [9.17, 15) is 4.79 Å². The Balaban J connectivity index is 2.04. The van der Waals surface area contributed by atoms with Gasteiger partial charge in [-0.1, -0.05) is 30.3 Å². The first kappa shape index (κ1) is 15.8. The Kier molecular flexibility index (Phi) is 5.61. The van der Waals surface area contributed by atoms with Crippen molar-refractivity contribution in [2.45, 2.75) is 26.5 Å². The molecule has 0 aliphatic rings. The van der Waals surface area contributed by atoms with Gasteiger partial charge in [-0.05, 0) is 60.2 Å². The molecule has 0 saturated carbocycles. The molecule has 0 heterocycles. The third-order valence-electron chi connectivity index (χ3n) is 2.85. The van der Waals surface area contributed by atoms with Crippen molar-refractivity contribution in [3.63, 3.8) is 0 Å². The van der Waals surface area contributed by atoms with Crippen molar-refractivity contribution in [3.05, 3.63) is 63.2 Å². The number of rotatable bonds is 5. The van der Waals surface area contributed by atoms with Gasteiger partial charge in [-0.25, -0.2) is 0 Å². The number of amides is 1. The van der Waals surface area contributed by atoms with Crippen LogP contribution < -0.4 is 10.1 Å². The molecule has 3 nitrogen and oxygen atoms in total. The molecule has 1 N–H and O–H groups in total. The molecule has 0 saturated heterocycles. The molecule has 0 unspecified atom stereocenters. The van der Waals surface area contributed by atoms with Gasteiger partial charge in [-0.3, -0.25) is 4.79 Å². The van der Waals surface area contributed by atoms with Gasteiger partial charge in [0, 0.05) is 11.6 Å². The van der Waals surface area contributed by atoms with Crippen LogP contribution in [0.1, 0.15) is 29.8 Å². The van der Waals surface area contributed by atoms with Crippen LogP contribution in [0.2, 0.25) is 0 Å². The summed E-state index contributed by atoms with van der Waals surface area (Å²) >= 11 is 2.19. The Bertz CT molecular complexity index is 611. The standard InChI is InChI=1S/C17H18INO2/c1-12(2)19-17(20)14-8-9-16(15(18)10-14)21-11-13-6-4-3-5-7-13/h3-10,12H,11H2,1-2H3,(H,19,20). The van der Waals surface area contributed by atoms with Gasteiger partial charge in [0.05, 0.1) is 3.57 Å². The summed E-state index contributed by atoms with van der Waals surface area (Å²) in [5.74, 6) is 0.734. The molecule has 2 aromatic carbocycles. The Morgan fingerprint density at radius 2 is 1.90 bits per heavy atom. The Labute approximate surface area is 138 Å². The van der Waals surface area contributed by atoms with Gasteiger partial charge in [0.2, 0.25) is 0 Å². The molecule has 0 atom stereocenters. The van der Waals surface area contributed by atoms with Crippen LogP contribution in [0.3, 0.4) is 0 Å². The summed E-state index contributed by atoms with van der Waals surface area (Å²) in [4.78, 5) is 11.9. The highest BCUT2D eigenvalue weighted by atomic mass is 127. The average Bonchev–Trinajstić information content (AvgIpc) is 2.46. The van der Waals surface area contributed by atoms with Crippen LogP contribution in [0.5, 0.6) is 5.75 Å². The second-order valence-electron chi connectivity index (χ2n) is 5.05. The first-order valence-corrected chi connectivity index (χ1v) is 7.91. The van der Waals surface area contributed by atoms with E-state index in [0.29, 0.717) is 12.2 Å². The summed E-state index contributed by atoms with van der Waals surface area (Å²) in [5.41, 5.74) is 1.77. The lowest BCUT2D eigenvalue weighted by molar-refractivity contribution is 0.0943. The van der Waals surface area contributed by atoms with Crippen LogP contribution in [0.25, 0.3) is 0 Å². The molecule has 110 valence electrons. The first-order chi connectivity index (χ1) is 10.1. The maximum absolute atomic E-state index is 11.9. The molecule has 21 heavy (non-hydrogen) atoms. The van der Waals surface area contributed by atoms with E-state index in [1.54, 1.807) is 6.07 Å². The first-order valence-electron chi connectivity index (χ1n) is 6.83. The van der Waals surface area contributed by atoms with Gasteiger partial charge in [-0.15, -0.1) is 0 Å². The molecule has 0 aromatic heterocycles. The van der Waals surface area contributed by atoms with Gasteiger partial charge in [0.15, 0.2) is 0 Å². The fraction of sp³-hybridized carbons (Fsp3) is 0.235. The normalized spacial score (nSPS) is 10.5. The highest BCUT2D eigenvalue weighted by Gasteiger charge is 2.10. The van der Waals surface area contributed by atoms with E-state index in [4.69, 9.17) is 4.74 Å². The maximum atomic E-state index is 11.9. The highest BCUT2D eigenvalue weighted by molar-refractivity contribution is 14.1. The van der Waals surface area contributed by atoms with E-state index in [0.717, 1.165) is 14.9 Å². The van der Waals surface area contributed by atoms with Crippen LogP contribution in [0.4, 0.5) is 0 Å². The summed E-state index contributed by atoms with van der Waals surface area (Å²) in [6.45, 7) is 4.41. The largest absolute Gasteiger partial charge is 0.488 e. The zero-order valence-corrected chi connectivity index (χ0v) is 14.3. The van der Waals surface area contributed by atoms with E-state index in [-0.39, 0.29) is 11.9 Å². The summed E-state index contributed by atoms with van der Waals surface area (Å²) in [6.07, 6.45) is 0. The van der Waals surface area contributed by atoms with Gasteiger partial charge in [0.1, 0.15) is 12.4 Å². The van der Waals surface area contributed by atoms with E-state index >= 15 is 0 Å². The average molecular weight is 395 g/mol. The lowest BCUT2D eigenvalue weighted by Gasteiger charge is -2.11. The number of ether oxygens (including phenoxy) is 1. The van der Waals surface area contributed by atoms with Crippen molar-refractivity contribution in [1.82, 2.24) is 5.32 Å². The molecule has 0 bridgehead atoms. The van der Waals surface area contributed by atoms with Crippen molar-refractivity contribution in [2.24, 2.45) is 0 Å².